The zero-order valence-electron chi connectivity index (χ0n) is 18.9. The second kappa shape index (κ2) is 9.24. The number of hydrogen-bond donors (Lipinski definition) is 1. The Hall–Kier alpha value is -2.75. The summed E-state index contributed by atoms with van der Waals surface area (Å²) in [6, 6.07) is 7.57. The van der Waals surface area contributed by atoms with Crippen molar-refractivity contribution in [1.82, 2.24) is 4.31 Å². The Labute approximate surface area is 192 Å². The number of benzene rings is 2. The molecule has 1 aliphatic rings. The number of furan rings is 1. The molecule has 1 amide bonds. The van der Waals surface area contributed by atoms with E-state index in [1.54, 1.807) is 6.26 Å². The lowest BCUT2D eigenvalue weighted by Crippen LogP contribution is -2.40. The first-order valence-corrected chi connectivity index (χ1v) is 12.3. The van der Waals surface area contributed by atoms with Gasteiger partial charge >= 0.3 is 0 Å². The van der Waals surface area contributed by atoms with E-state index in [1.807, 2.05) is 19.1 Å². The number of carbonyl (C=O) groups excluding carboxylic acids is 1. The summed E-state index contributed by atoms with van der Waals surface area (Å²) in [5, 5.41) is 3.55. The fourth-order valence-corrected chi connectivity index (χ4v) is 5.58. The van der Waals surface area contributed by atoms with Crippen LogP contribution < -0.4 is 5.32 Å². The van der Waals surface area contributed by atoms with Crippen LogP contribution in [0.3, 0.4) is 0 Å². The number of rotatable bonds is 6. The van der Waals surface area contributed by atoms with Gasteiger partial charge in [0.05, 0.1) is 25.9 Å². The molecule has 0 aliphatic carbocycles. The van der Waals surface area contributed by atoms with Gasteiger partial charge in [-0.3, -0.25) is 4.79 Å². The number of sulfonamides is 1. The highest BCUT2D eigenvalue weighted by Crippen LogP contribution is 2.29. The third-order valence-corrected chi connectivity index (χ3v) is 7.73. The predicted octanol–water partition coefficient (Wildman–Crippen LogP) is 4.21. The second-order valence-electron chi connectivity index (χ2n) is 8.51. The number of amides is 1. The molecule has 176 valence electrons. The van der Waals surface area contributed by atoms with E-state index in [1.165, 1.54) is 15.9 Å². The standard InChI is InChI=1S/C24H27FN2O5S/c1-15(2)19-13-20-17(14-32-22(20)10-16(19)3)11-24(28)26-18-4-5-21(25)23(12-18)33(29,30)27-6-8-31-9-7-27/h4-5,10,12-15H,6-9,11H2,1-3H3,(H,26,28). The zero-order chi connectivity index (χ0) is 23.8. The summed E-state index contributed by atoms with van der Waals surface area (Å²) in [5.41, 5.74) is 3.96. The number of carbonyl (C=O) groups is 1. The Morgan fingerprint density at radius 3 is 2.61 bits per heavy atom. The Kier molecular flexibility index (Phi) is 6.56. The van der Waals surface area contributed by atoms with Crippen LogP contribution in [0.1, 0.15) is 36.5 Å². The van der Waals surface area contributed by atoms with Crippen molar-refractivity contribution in [3.8, 4) is 0 Å². The lowest BCUT2D eigenvalue weighted by molar-refractivity contribution is -0.115. The first-order valence-electron chi connectivity index (χ1n) is 10.8. The fraction of sp³-hybridized carbons (Fsp3) is 0.375. The Morgan fingerprint density at radius 1 is 1.18 bits per heavy atom. The number of halogens is 1. The van der Waals surface area contributed by atoms with E-state index < -0.39 is 20.7 Å². The van der Waals surface area contributed by atoms with E-state index in [0.717, 1.165) is 28.6 Å². The van der Waals surface area contributed by atoms with Gasteiger partial charge in [0.1, 0.15) is 16.3 Å². The number of anilines is 1. The molecule has 0 spiro atoms. The van der Waals surface area contributed by atoms with Crippen LogP contribution in [0, 0.1) is 12.7 Å². The average molecular weight is 475 g/mol. The van der Waals surface area contributed by atoms with Gasteiger partial charge < -0.3 is 14.5 Å². The fourth-order valence-electron chi connectivity index (χ4n) is 4.09. The molecule has 0 atom stereocenters. The number of fused-ring (bicyclic) bond motifs is 1. The molecule has 1 aliphatic heterocycles. The number of nitrogens with one attached hydrogen (secondary N) is 1. The summed E-state index contributed by atoms with van der Waals surface area (Å²) in [7, 11) is -4.03. The summed E-state index contributed by atoms with van der Waals surface area (Å²) in [6.07, 6.45) is 1.60. The number of morpholine rings is 1. The second-order valence-corrected chi connectivity index (χ2v) is 10.4. The van der Waals surface area contributed by atoms with E-state index >= 15 is 0 Å². The van der Waals surface area contributed by atoms with E-state index in [2.05, 4.69) is 19.2 Å². The molecule has 1 aromatic heterocycles. The highest BCUT2D eigenvalue weighted by Gasteiger charge is 2.29. The average Bonchev–Trinajstić information content (AvgIpc) is 3.16. The van der Waals surface area contributed by atoms with E-state index in [0.29, 0.717) is 11.5 Å². The summed E-state index contributed by atoms with van der Waals surface area (Å²) >= 11 is 0. The predicted molar refractivity (Wildman–Crippen MR) is 123 cm³/mol. The molecule has 33 heavy (non-hydrogen) atoms. The molecule has 0 radical (unpaired) electrons. The zero-order valence-corrected chi connectivity index (χ0v) is 19.7. The van der Waals surface area contributed by atoms with Crippen LogP contribution >= 0.6 is 0 Å². The highest BCUT2D eigenvalue weighted by molar-refractivity contribution is 7.89. The molecule has 1 saturated heterocycles. The molecule has 4 rings (SSSR count). The summed E-state index contributed by atoms with van der Waals surface area (Å²) in [6.45, 7) is 7.08. The van der Waals surface area contributed by atoms with E-state index in [9.17, 15) is 17.6 Å². The molecule has 0 unspecified atom stereocenters. The van der Waals surface area contributed by atoms with Gasteiger partial charge in [0.2, 0.25) is 15.9 Å². The van der Waals surface area contributed by atoms with Crippen LogP contribution in [-0.4, -0.2) is 44.9 Å². The lowest BCUT2D eigenvalue weighted by atomic mass is 9.95. The van der Waals surface area contributed by atoms with Crippen molar-refractivity contribution in [2.24, 2.45) is 0 Å². The van der Waals surface area contributed by atoms with Crippen molar-refractivity contribution in [2.75, 3.05) is 31.6 Å². The smallest absolute Gasteiger partial charge is 0.246 e. The van der Waals surface area contributed by atoms with Gasteiger partial charge in [0.15, 0.2) is 0 Å². The lowest BCUT2D eigenvalue weighted by Gasteiger charge is -2.26. The summed E-state index contributed by atoms with van der Waals surface area (Å²) in [4.78, 5) is 12.3. The van der Waals surface area contributed by atoms with Crippen molar-refractivity contribution in [1.29, 1.82) is 0 Å². The molecule has 0 saturated carbocycles. The van der Waals surface area contributed by atoms with Crippen LogP contribution in [0.4, 0.5) is 10.1 Å². The van der Waals surface area contributed by atoms with Gasteiger partial charge in [-0.25, -0.2) is 12.8 Å². The summed E-state index contributed by atoms with van der Waals surface area (Å²) < 4.78 is 52.2. The minimum absolute atomic E-state index is 0.0382. The molecule has 9 heteroatoms. The monoisotopic (exact) mass is 474 g/mol. The van der Waals surface area contributed by atoms with Crippen molar-refractivity contribution in [3.63, 3.8) is 0 Å². The van der Waals surface area contributed by atoms with Gasteiger partial charge in [-0.05, 0) is 54.3 Å². The van der Waals surface area contributed by atoms with Crippen LogP contribution in [0.2, 0.25) is 0 Å². The van der Waals surface area contributed by atoms with Crippen molar-refractivity contribution >= 4 is 32.6 Å². The van der Waals surface area contributed by atoms with Crippen LogP contribution in [-0.2, 0) is 26.0 Å². The SMILES string of the molecule is Cc1cc2occ(CC(=O)Nc3ccc(F)c(S(=O)(=O)N4CCOCC4)c3)c2cc1C(C)C. The molecule has 0 bridgehead atoms. The minimum Gasteiger partial charge on any atom is -0.464 e. The molecule has 7 nitrogen and oxygen atoms in total. The van der Waals surface area contributed by atoms with Crippen molar-refractivity contribution in [3.05, 3.63) is 59.1 Å². The molecule has 1 N–H and O–H groups in total. The normalized spacial score (nSPS) is 15.3. The largest absolute Gasteiger partial charge is 0.464 e. The van der Waals surface area contributed by atoms with Gasteiger partial charge in [0.25, 0.3) is 0 Å². The molecular formula is C24H27FN2O5S. The van der Waals surface area contributed by atoms with Crippen molar-refractivity contribution in [2.45, 2.75) is 38.0 Å². The maximum absolute atomic E-state index is 14.4. The van der Waals surface area contributed by atoms with Crippen LogP contribution in [0.5, 0.6) is 0 Å². The Balaban J connectivity index is 1.55. The molecule has 1 fully saturated rings. The van der Waals surface area contributed by atoms with Gasteiger partial charge in [0, 0.05) is 29.7 Å². The van der Waals surface area contributed by atoms with Crippen LogP contribution in [0.25, 0.3) is 11.0 Å². The van der Waals surface area contributed by atoms with Gasteiger partial charge in [-0.1, -0.05) is 13.8 Å². The third-order valence-electron chi connectivity index (χ3n) is 5.82. The molecule has 3 aromatic rings. The number of nitrogens with zero attached hydrogens (tertiary/aromatic N) is 1. The van der Waals surface area contributed by atoms with Gasteiger partial charge in [-0.15, -0.1) is 0 Å². The van der Waals surface area contributed by atoms with Crippen LogP contribution in [0.15, 0.2) is 45.9 Å². The number of ether oxygens (including phenoxy) is 1. The highest BCUT2D eigenvalue weighted by atomic mass is 32.2. The van der Waals surface area contributed by atoms with E-state index in [4.69, 9.17) is 9.15 Å². The maximum Gasteiger partial charge on any atom is 0.246 e. The molecule has 2 heterocycles. The maximum atomic E-state index is 14.4. The third kappa shape index (κ3) is 4.80. The number of aryl methyl sites for hydroxylation is 1. The molecular weight excluding hydrogens is 447 g/mol. The molecule has 2 aromatic carbocycles. The van der Waals surface area contributed by atoms with Gasteiger partial charge in [-0.2, -0.15) is 4.31 Å². The Bertz CT molecular complexity index is 1290. The Morgan fingerprint density at radius 2 is 1.91 bits per heavy atom. The van der Waals surface area contributed by atoms with E-state index in [-0.39, 0.29) is 44.3 Å². The number of hydrogen-bond acceptors (Lipinski definition) is 5. The van der Waals surface area contributed by atoms with Crippen molar-refractivity contribution < 1.29 is 26.8 Å². The topological polar surface area (TPSA) is 88.8 Å². The first-order chi connectivity index (χ1) is 15.7. The quantitative estimate of drug-likeness (QED) is 0.578. The first kappa shape index (κ1) is 23.4. The summed E-state index contributed by atoms with van der Waals surface area (Å²) in [5.74, 6) is -0.889. The minimum atomic E-state index is -4.03.